The normalized spacial score (nSPS) is 20.3. The van der Waals surface area contributed by atoms with Gasteiger partial charge in [-0.3, -0.25) is 9.59 Å². The molecule has 2 aliphatic carbocycles. The number of benzene rings is 1. The van der Waals surface area contributed by atoms with Gasteiger partial charge < -0.3 is 14.2 Å². The van der Waals surface area contributed by atoms with Crippen molar-refractivity contribution < 1.29 is 17.9 Å². The SMILES string of the molecule is Cc1cccc(S(=O)(=O)NC2(C(=O)N3CC(Oc4cc(C)n(C5CC5)c(=O)c4)C3)CCCCC2)c1. The van der Waals surface area contributed by atoms with Crippen LogP contribution in [0.1, 0.15) is 62.2 Å². The Morgan fingerprint density at radius 1 is 1.06 bits per heavy atom. The Morgan fingerprint density at radius 3 is 2.40 bits per heavy atom. The van der Waals surface area contributed by atoms with Crippen LogP contribution in [0.4, 0.5) is 0 Å². The van der Waals surface area contributed by atoms with Gasteiger partial charge in [-0.25, -0.2) is 8.42 Å². The molecule has 35 heavy (non-hydrogen) atoms. The summed E-state index contributed by atoms with van der Waals surface area (Å²) in [5.74, 6) is 0.336. The molecule has 5 rings (SSSR count). The molecule has 2 heterocycles. The van der Waals surface area contributed by atoms with Crippen LogP contribution >= 0.6 is 0 Å². The van der Waals surface area contributed by atoms with Gasteiger partial charge in [0.25, 0.3) is 5.56 Å². The van der Waals surface area contributed by atoms with Gasteiger partial charge in [0.15, 0.2) is 0 Å². The summed E-state index contributed by atoms with van der Waals surface area (Å²) in [6.07, 6.45) is 5.40. The molecule has 1 saturated heterocycles. The first kappa shape index (κ1) is 24.1. The third kappa shape index (κ3) is 4.89. The van der Waals surface area contributed by atoms with Crippen LogP contribution in [-0.4, -0.2) is 48.5 Å². The summed E-state index contributed by atoms with van der Waals surface area (Å²) >= 11 is 0. The van der Waals surface area contributed by atoms with Crippen LogP contribution in [0.3, 0.4) is 0 Å². The Hall–Kier alpha value is -2.65. The highest BCUT2D eigenvalue weighted by Crippen LogP contribution is 2.36. The van der Waals surface area contributed by atoms with Crippen molar-refractivity contribution in [2.75, 3.05) is 13.1 Å². The number of nitrogens with one attached hydrogen (secondary N) is 1. The maximum Gasteiger partial charge on any atom is 0.254 e. The Morgan fingerprint density at radius 2 is 1.77 bits per heavy atom. The van der Waals surface area contributed by atoms with Crippen LogP contribution in [0.5, 0.6) is 5.75 Å². The molecule has 1 aliphatic heterocycles. The molecule has 0 unspecified atom stereocenters. The number of pyridine rings is 1. The van der Waals surface area contributed by atoms with Gasteiger partial charge in [-0.1, -0.05) is 31.4 Å². The number of carbonyl (C=O) groups is 1. The molecular formula is C26H33N3O5S. The Bertz CT molecular complexity index is 1290. The van der Waals surface area contributed by atoms with Crippen molar-refractivity contribution >= 4 is 15.9 Å². The molecule has 188 valence electrons. The van der Waals surface area contributed by atoms with Gasteiger partial charge in [-0.15, -0.1) is 0 Å². The van der Waals surface area contributed by atoms with Gasteiger partial charge in [0.2, 0.25) is 15.9 Å². The fraction of sp³-hybridized carbons (Fsp3) is 0.538. The Labute approximate surface area is 206 Å². The van der Waals surface area contributed by atoms with Gasteiger partial charge >= 0.3 is 0 Å². The number of aryl methyl sites for hydroxylation is 2. The van der Waals surface area contributed by atoms with E-state index in [9.17, 15) is 18.0 Å². The molecular weight excluding hydrogens is 466 g/mol. The molecule has 2 aromatic rings. The molecule has 8 nitrogen and oxygen atoms in total. The van der Waals surface area contributed by atoms with Crippen molar-refractivity contribution in [3.63, 3.8) is 0 Å². The summed E-state index contributed by atoms with van der Waals surface area (Å²) in [4.78, 5) is 27.9. The minimum atomic E-state index is -3.85. The molecule has 3 aliphatic rings. The predicted octanol–water partition coefficient (Wildman–Crippen LogP) is 3.07. The molecule has 1 N–H and O–H groups in total. The number of amides is 1. The van der Waals surface area contributed by atoms with Gasteiger partial charge in [-0.05, 0) is 63.3 Å². The second-order valence-electron chi connectivity index (χ2n) is 10.3. The van der Waals surface area contributed by atoms with Gasteiger partial charge in [0.1, 0.15) is 17.4 Å². The molecule has 1 aromatic carbocycles. The number of sulfonamides is 1. The summed E-state index contributed by atoms with van der Waals surface area (Å²) in [6.45, 7) is 4.50. The highest BCUT2D eigenvalue weighted by Gasteiger charge is 2.48. The van der Waals surface area contributed by atoms with E-state index in [1.807, 2.05) is 30.5 Å². The van der Waals surface area contributed by atoms with Crippen molar-refractivity contribution in [2.24, 2.45) is 0 Å². The van der Waals surface area contributed by atoms with E-state index >= 15 is 0 Å². The molecule has 0 bridgehead atoms. The highest BCUT2D eigenvalue weighted by atomic mass is 32.2. The zero-order valence-corrected chi connectivity index (χ0v) is 21.1. The van der Waals surface area contributed by atoms with E-state index in [0.29, 0.717) is 37.7 Å². The molecule has 0 spiro atoms. The van der Waals surface area contributed by atoms with Crippen LogP contribution in [0.2, 0.25) is 0 Å². The molecule has 2 saturated carbocycles. The maximum atomic E-state index is 13.6. The Balaban J connectivity index is 1.27. The summed E-state index contributed by atoms with van der Waals surface area (Å²) < 4.78 is 37.0. The molecule has 1 amide bonds. The smallest absolute Gasteiger partial charge is 0.254 e. The molecule has 0 atom stereocenters. The number of rotatable bonds is 7. The monoisotopic (exact) mass is 499 g/mol. The minimum absolute atomic E-state index is 0.0542. The van der Waals surface area contributed by atoms with Crippen molar-refractivity contribution in [3.8, 4) is 5.75 Å². The first-order chi connectivity index (χ1) is 16.7. The van der Waals surface area contributed by atoms with Gasteiger partial charge in [0, 0.05) is 17.8 Å². The quantitative estimate of drug-likeness (QED) is 0.632. The standard InChI is InChI=1S/C26H33N3O5S/c1-18-7-6-8-23(13-18)35(32,33)27-26(11-4-3-5-12-26)25(31)28-16-22(17-28)34-21-14-19(2)29(20-9-10-20)24(30)15-21/h6-8,13-15,20,22,27H,3-5,9-12,16-17H2,1-2H3. The topological polar surface area (TPSA) is 97.7 Å². The van der Waals surface area contributed by atoms with E-state index < -0.39 is 15.6 Å². The lowest BCUT2D eigenvalue weighted by molar-refractivity contribution is -0.148. The second-order valence-corrected chi connectivity index (χ2v) is 12.0. The van der Waals surface area contributed by atoms with Crippen LogP contribution < -0.4 is 15.0 Å². The third-order valence-electron chi connectivity index (χ3n) is 7.33. The summed E-state index contributed by atoms with van der Waals surface area (Å²) in [5, 5.41) is 0. The van der Waals surface area contributed by atoms with Crippen molar-refractivity contribution in [3.05, 3.63) is 58.0 Å². The lowest BCUT2D eigenvalue weighted by Gasteiger charge is -2.46. The predicted molar refractivity (Wildman–Crippen MR) is 132 cm³/mol. The summed E-state index contributed by atoms with van der Waals surface area (Å²) in [5.41, 5.74) is 0.544. The third-order valence-corrected chi connectivity index (χ3v) is 8.86. The van der Waals surface area contributed by atoms with E-state index in [0.717, 1.165) is 43.4 Å². The van der Waals surface area contributed by atoms with Crippen molar-refractivity contribution in [1.82, 2.24) is 14.2 Å². The van der Waals surface area contributed by atoms with Crippen LogP contribution in [0, 0.1) is 13.8 Å². The number of ether oxygens (including phenoxy) is 1. The minimum Gasteiger partial charge on any atom is -0.486 e. The van der Waals surface area contributed by atoms with Gasteiger partial charge in [0.05, 0.1) is 18.0 Å². The number of aromatic nitrogens is 1. The fourth-order valence-corrected chi connectivity index (χ4v) is 6.86. The van der Waals surface area contributed by atoms with Gasteiger partial charge in [-0.2, -0.15) is 4.72 Å². The largest absolute Gasteiger partial charge is 0.486 e. The highest BCUT2D eigenvalue weighted by molar-refractivity contribution is 7.89. The summed E-state index contributed by atoms with van der Waals surface area (Å²) in [7, 11) is -3.85. The van der Waals surface area contributed by atoms with E-state index in [4.69, 9.17) is 4.74 Å². The number of likely N-dealkylation sites (tertiary alicyclic amines) is 1. The van der Waals surface area contributed by atoms with E-state index in [1.54, 1.807) is 23.1 Å². The first-order valence-electron chi connectivity index (χ1n) is 12.5. The number of hydrogen-bond acceptors (Lipinski definition) is 5. The zero-order valence-electron chi connectivity index (χ0n) is 20.3. The van der Waals surface area contributed by atoms with Crippen LogP contribution in [-0.2, 0) is 14.8 Å². The van der Waals surface area contributed by atoms with E-state index in [-0.39, 0.29) is 22.5 Å². The van der Waals surface area contributed by atoms with E-state index in [1.165, 1.54) is 6.07 Å². The van der Waals surface area contributed by atoms with E-state index in [2.05, 4.69) is 4.72 Å². The lowest BCUT2D eigenvalue weighted by Crippen LogP contribution is -2.66. The second kappa shape index (κ2) is 9.09. The van der Waals surface area contributed by atoms with Crippen LogP contribution in [0.15, 0.2) is 46.1 Å². The molecule has 0 radical (unpaired) electrons. The van der Waals surface area contributed by atoms with Crippen molar-refractivity contribution in [1.29, 1.82) is 0 Å². The molecule has 1 aromatic heterocycles. The summed E-state index contributed by atoms with van der Waals surface area (Å²) in [6, 6.07) is 10.4. The average molecular weight is 500 g/mol. The fourth-order valence-electron chi connectivity index (χ4n) is 5.34. The average Bonchev–Trinajstić information content (AvgIpc) is 3.60. The molecule has 9 heteroatoms. The zero-order chi connectivity index (χ0) is 24.8. The lowest BCUT2D eigenvalue weighted by atomic mass is 9.81. The first-order valence-corrected chi connectivity index (χ1v) is 14.0. The number of carbonyl (C=O) groups excluding carboxylic acids is 1. The number of hydrogen-bond donors (Lipinski definition) is 1. The molecule has 3 fully saturated rings. The number of nitrogens with zero attached hydrogens (tertiary/aromatic N) is 2. The maximum absolute atomic E-state index is 13.6. The Kier molecular flexibility index (Phi) is 6.25. The van der Waals surface area contributed by atoms with Crippen molar-refractivity contribution in [2.45, 2.75) is 81.4 Å². The van der Waals surface area contributed by atoms with Crippen LogP contribution in [0.25, 0.3) is 0 Å².